The quantitative estimate of drug-likeness (QED) is 0.930. The molecular weight excluding hydrogens is 326 g/mol. The van der Waals surface area contributed by atoms with Gasteiger partial charge in [-0.05, 0) is 50.5 Å². The predicted molar refractivity (Wildman–Crippen MR) is 94.3 cm³/mol. The van der Waals surface area contributed by atoms with E-state index in [1.54, 1.807) is 25.1 Å². The Morgan fingerprint density at radius 1 is 1.21 bits per heavy atom. The maximum Gasteiger partial charge on any atom is 0.253 e. The first-order chi connectivity index (χ1) is 11.5. The maximum atomic E-state index is 12.4. The van der Waals surface area contributed by atoms with Gasteiger partial charge in [-0.25, -0.2) is 0 Å². The third-order valence-electron chi connectivity index (χ3n) is 4.32. The molecular formula is C18H20ClN3O2. The first-order valence-electron chi connectivity index (χ1n) is 8.17. The standard InChI is InChI=1S/C18H20ClN3O2/c1-12-15(10-13-9-14(19)5-6-16(13)21-12)18(24)20-11-17(23)22-7-3-2-4-8-22/h5-6,9-10H,2-4,7-8,11H2,1H3,(H,20,24). The van der Waals surface area contributed by atoms with E-state index < -0.39 is 0 Å². The van der Waals surface area contributed by atoms with Crippen LogP contribution in [-0.2, 0) is 4.79 Å². The van der Waals surface area contributed by atoms with Crippen molar-refractivity contribution in [2.24, 2.45) is 0 Å². The molecule has 1 aliphatic rings. The molecule has 0 atom stereocenters. The van der Waals surface area contributed by atoms with Gasteiger partial charge in [-0.15, -0.1) is 0 Å². The lowest BCUT2D eigenvalue weighted by Gasteiger charge is -2.26. The highest BCUT2D eigenvalue weighted by Crippen LogP contribution is 2.20. The third-order valence-corrected chi connectivity index (χ3v) is 4.56. The highest BCUT2D eigenvalue weighted by atomic mass is 35.5. The normalized spacial score (nSPS) is 14.7. The molecule has 126 valence electrons. The van der Waals surface area contributed by atoms with Gasteiger partial charge < -0.3 is 10.2 Å². The number of halogens is 1. The van der Waals surface area contributed by atoms with Crippen molar-refractivity contribution in [3.63, 3.8) is 0 Å². The topological polar surface area (TPSA) is 62.3 Å². The Labute approximate surface area is 146 Å². The number of carbonyl (C=O) groups excluding carboxylic acids is 2. The summed E-state index contributed by atoms with van der Waals surface area (Å²) in [6.45, 7) is 3.37. The second kappa shape index (κ2) is 7.18. The highest BCUT2D eigenvalue weighted by molar-refractivity contribution is 6.31. The average Bonchev–Trinajstić information content (AvgIpc) is 2.60. The molecule has 3 rings (SSSR count). The lowest BCUT2D eigenvalue weighted by molar-refractivity contribution is -0.130. The number of hydrogen-bond donors (Lipinski definition) is 1. The molecule has 2 aromatic rings. The van der Waals surface area contributed by atoms with Crippen molar-refractivity contribution >= 4 is 34.3 Å². The number of hydrogen-bond acceptors (Lipinski definition) is 3. The molecule has 5 nitrogen and oxygen atoms in total. The van der Waals surface area contributed by atoms with E-state index in [2.05, 4.69) is 10.3 Å². The minimum absolute atomic E-state index is 0.0197. The molecule has 0 spiro atoms. The summed E-state index contributed by atoms with van der Waals surface area (Å²) in [5.74, 6) is -0.315. The summed E-state index contributed by atoms with van der Waals surface area (Å²) in [5.41, 5.74) is 1.89. The number of rotatable bonds is 3. The number of carbonyl (C=O) groups is 2. The van der Waals surface area contributed by atoms with Gasteiger partial charge >= 0.3 is 0 Å². The molecule has 0 radical (unpaired) electrons. The molecule has 1 N–H and O–H groups in total. The smallest absolute Gasteiger partial charge is 0.253 e. The summed E-state index contributed by atoms with van der Waals surface area (Å²) in [6, 6.07) is 7.14. The van der Waals surface area contributed by atoms with Gasteiger partial charge in [0.2, 0.25) is 5.91 Å². The van der Waals surface area contributed by atoms with Gasteiger partial charge in [-0.2, -0.15) is 0 Å². The molecule has 0 aliphatic carbocycles. The molecule has 1 aromatic carbocycles. The number of aryl methyl sites for hydroxylation is 1. The zero-order valence-electron chi connectivity index (χ0n) is 13.6. The van der Waals surface area contributed by atoms with Gasteiger partial charge in [0.25, 0.3) is 5.91 Å². The number of piperidine rings is 1. The fraction of sp³-hybridized carbons (Fsp3) is 0.389. The number of nitrogens with one attached hydrogen (secondary N) is 1. The largest absolute Gasteiger partial charge is 0.343 e. The van der Waals surface area contributed by atoms with E-state index in [1.165, 1.54) is 6.42 Å². The van der Waals surface area contributed by atoms with Crippen LogP contribution in [0.25, 0.3) is 10.9 Å². The van der Waals surface area contributed by atoms with Gasteiger partial charge in [-0.1, -0.05) is 11.6 Å². The van der Waals surface area contributed by atoms with Crippen molar-refractivity contribution in [1.29, 1.82) is 0 Å². The maximum absolute atomic E-state index is 12.4. The molecule has 2 amide bonds. The van der Waals surface area contributed by atoms with E-state index >= 15 is 0 Å². The summed E-state index contributed by atoms with van der Waals surface area (Å²) in [4.78, 5) is 30.8. The highest BCUT2D eigenvalue weighted by Gasteiger charge is 2.18. The molecule has 24 heavy (non-hydrogen) atoms. The summed E-state index contributed by atoms with van der Waals surface area (Å²) < 4.78 is 0. The number of likely N-dealkylation sites (tertiary alicyclic amines) is 1. The SMILES string of the molecule is Cc1nc2ccc(Cl)cc2cc1C(=O)NCC(=O)N1CCCCC1. The van der Waals surface area contributed by atoms with Crippen LogP contribution in [0.4, 0.5) is 0 Å². The first kappa shape index (κ1) is 16.7. The minimum Gasteiger partial charge on any atom is -0.343 e. The zero-order chi connectivity index (χ0) is 17.1. The second-order valence-electron chi connectivity index (χ2n) is 6.08. The fourth-order valence-electron chi connectivity index (χ4n) is 2.98. The predicted octanol–water partition coefficient (Wildman–Crippen LogP) is 2.94. The van der Waals surface area contributed by atoms with Crippen molar-refractivity contribution < 1.29 is 9.59 Å². The van der Waals surface area contributed by atoms with Crippen molar-refractivity contribution in [2.45, 2.75) is 26.2 Å². The fourth-order valence-corrected chi connectivity index (χ4v) is 3.16. The van der Waals surface area contributed by atoms with Crippen LogP contribution in [0.2, 0.25) is 5.02 Å². The molecule has 1 saturated heterocycles. The molecule has 2 heterocycles. The van der Waals surface area contributed by atoms with E-state index in [4.69, 9.17) is 11.6 Å². The average molecular weight is 346 g/mol. The van der Waals surface area contributed by atoms with Crippen LogP contribution >= 0.6 is 11.6 Å². The molecule has 0 saturated carbocycles. The van der Waals surface area contributed by atoms with Crippen molar-refractivity contribution in [3.05, 3.63) is 40.5 Å². The number of benzene rings is 1. The summed E-state index contributed by atoms with van der Waals surface area (Å²) in [6.07, 6.45) is 3.24. The first-order valence-corrected chi connectivity index (χ1v) is 8.55. The van der Waals surface area contributed by atoms with Crippen molar-refractivity contribution in [3.8, 4) is 0 Å². The lowest BCUT2D eigenvalue weighted by atomic mass is 10.1. The van der Waals surface area contributed by atoms with Gasteiger partial charge in [0, 0.05) is 23.5 Å². The minimum atomic E-state index is -0.285. The number of fused-ring (bicyclic) bond motifs is 1. The monoisotopic (exact) mass is 345 g/mol. The molecule has 1 aromatic heterocycles. The van der Waals surface area contributed by atoms with Crippen LogP contribution in [-0.4, -0.2) is 41.3 Å². The van der Waals surface area contributed by atoms with Gasteiger partial charge in [-0.3, -0.25) is 14.6 Å². The number of aromatic nitrogens is 1. The van der Waals surface area contributed by atoms with Crippen LogP contribution in [0.1, 0.15) is 35.3 Å². The second-order valence-corrected chi connectivity index (χ2v) is 6.52. The van der Waals surface area contributed by atoms with E-state index in [9.17, 15) is 9.59 Å². The van der Waals surface area contributed by atoms with Crippen molar-refractivity contribution in [1.82, 2.24) is 15.2 Å². The zero-order valence-corrected chi connectivity index (χ0v) is 14.4. The number of amides is 2. The van der Waals surface area contributed by atoms with Gasteiger partial charge in [0.15, 0.2) is 0 Å². The Morgan fingerprint density at radius 2 is 1.96 bits per heavy atom. The summed E-state index contributed by atoms with van der Waals surface area (Å²) in [7, 11) is 0. The summed E-state index contributed by atoms with van der Waals surface area (Å²) in [5, 5.41) is 4.12. The van der Waals surface area contributed by atoms with E-state index in [-0.39, 0.29) is 18.4 Å². The number of pyridine rings is 1. The van der Waals surface area contributed by atoms with E-state index in [0.29, 0.717) is 16.3 Å². The summed E-state index contributed by atoms with van der Waals surface area (Å²) >= 11 is 6.00. The third kappa shape index (κ3) is 3.67. The molecule has 1 fully saturated rings. The van der Waals surface area contributed by atoms with Crippen LogP contribution in [0, 0.1) is 6.92 Å². The molecule has 1 aliphatic heterocycles. The van der Waals surface area contributed by atoms with Crippen LogP contribution in [0.5, 0.6) is 0 Å². The Balaban J connectivity index is 1.71. The Morgan fingerprint density at radius 3 is 2.71 bits per heavy atom. The number of nitrogens with zero attached hydrogens (tertiary/aromatic N) is 2. The van der Waals surface area contributed by atoms with Crippen molar-refractivity contribution in [2.75, 3.05) is 19.6 Å². The Hall–Kier alpha value is -2.14. The molecule has 0 bridgehead atoms. The Bertz CT molecular complexity index is 785. The van der Waals surface area contributed by atoms with Crippen LogP contribution in [0.15, 0.2) is 24.3 Å². The van der Waals surface area contributed by atoms with Gasteiger partial charge in [0.1, 0.15) is 0 Å². The molecule has 6 heteroatoms. The Kier molecular flexibility index (Phi) is 5.00. The molecule has 0 unspecified atom stereocenters. The van der Waals surface area contributed by atoms with E-state index in [1.807, 2.05) is 11.0 Å². The van der Waals surface area contributed by atoms with Crippen LogP contribution < -0.4 is 5.32 Å². The van der Waals surface area contributed by atoms with Gasteiger partial charge in [0.05, 0.1) is 23.3 Å². The lowest BCUT2D eigenvalue weighted by Crippen LogP contribution is -2.42. The van der Waals surface area contributed by atoms with Crippen LogP contribution in [0.3, 0.4) is 0 Å². The van der Waals surface area contributed by atoms with E-state index in [0.717, 1.165) is 36.8 Å².